The van der Waals surface area contributed by atoms with Gasteiger partial charge in [0, 0.05) is 15.5 Å². The topological polar surface area (TPSA) is 12.0 Å². The van der Waals surface area contributed by atoms with Crippen molar-refractivity contribution in [3.63, 3.8) is 0 Å². The fraction of sp³-hybridized carbons (Fsp3) is 0.250. The average molecular weight is 406 g/mol. The molecule has 0 aliphatic heterocycles. The van der Waals surface area contributed by atoms with E-state index in [0.717, 1.165) is 28.0 Å². The van der Waals surface area contributed by atoms with Crippen molar-refractivity contribution in [2.75, 3.05) is 5.32 Å². The fourth-order valence-corrected chi connectivity index (χ4v) is 3.55. The van der Waals surface area contributed by atoms with E-state index in [1.165, 1.54) is 5.56 Å². The number of anilines is 1. The summed E-state index contributed by atoms with van der Waals surface area (Å²) in [5, 5.41) is 5.37. The summed E-state index contributed by atoms with van der Waals surface area (Å²) in [6, 6.07) is 12.4. The molecule has 5 heteroatoms. The third-order valence-electron chi connectivity index (χ3n) is 3.87. The molecule has 0 atom stereocenters. The first-order chi connectivity index (χ1) is 10.0. The van der Waals surface area contributed by atoms with Crippen molar-refractivity contribution in [3.05, 3.63) is 61.5 Å². The maximum atomic E-state index is 6.26. The van der Waals surface area contributed by atoms with Crippen LogP contribution in [0.15, 0.2) is 40.9 Å². The maximum Gasteiger partial charge on any atom is 0.0835 e. The molecule has 1 nitrogen and oxygen atoms in total. The summed E-state index contributed by atoms with van der Waals surface area (Å²) in [6.45, 7) is 0. The standard InChI is InChI=1S/C16H13BrCl3N/c17-13-5-6-14(16(20)15(13)19)21-12-7-10(8-12)9-1-3-11(18)4-2-9/h1-6,10,12,21H,7-8H2. The predicted octanol–water partition coefficient (Wildman–Crippen LogP) is 6.77. The van der Waals surface area contributed by atoms with E-state index >= 15 is 0 Å². The van der Waals surface area contributed by atoms with Gasteiger partial charge in [0.1, 0.15) is 0 Å². The third-order valence-corrected chi connectivity index (χ3v) is 5.90. The monoisotopic (exact) mass is 403 g/mol. The van der Waals surface area contributed by atoms with E-state index in [2.05, 4.69) is 33.4 Å². The second-order valence-electron chi connectivity index (χ2n) is 5.28. The molecule has 0 radical (unpaired) electrons. The van der Waals surface area contributed by atoms with Crippen molar-refractivity contribution in [1.29, 1.82) is 0 Å². The van der Waals surface area contributed by atoms with E-state index in [4.69, 9.17) is 34.8 Å². The van der Waals surface area contributed by atoms with Crippen LogP contribution in [0, 0.1) is 0 Å². The van der Waals surface area contributed by atoms with Crippen molar-refractivity contribution < 1.29 is 0 Å². The lowest BCUT2D eigenvalue weighted by molar-refractivity contribution is 0.374. The molecule has 1 aliphatic carbocycles. The minimum Gasteiger partial charge on any atom is -0.381 e. The van der Waals surface area contributed by atoms with Crippen LogP contribution in [0.3, 0.4) is 0 Å². The van der Waals surface area contributed by atoms with E-state index in [-0.39, 0.29) is 0 Å². The van der Waals surface area contributed by atoms with E-state index < -0.39 is 0 Å². The molecule has 0 bridgehead atoms. The molecule has 0 amide bonds. The molecular weight excluding hydrogens is 392 g/mol. The Hall–Kier alpha value is -0.410. The summed E-state index contributed by atoms with van der Waals surface area (Å²) in [4.78, 5) is 0. The zero-order valence-electron chi connectivity index (χ0n) is 11.0. The van der Waals surface area contributed by atoms with Gasteiger partial charge in [0.15, 0.2) is 0 Å². The molecule has 1 aliphatic rings. The lowest BCUT2D eigenvalue weighted by Crippen LogP contribution is -2.34. The van der Waals surface area contributed by atoms with Gasteiger partial charge >= 0.3 is 0 Å². The van der Waals surface area contributed by atoms with Crippen LogP contribution in [0.25, 0.3) is 0 Å². The zero-order valence-corrected chi connectivity index (χ0v) is 14.9. The number of rotatable bonds is 3. The van der Waals surface area contributed by atoms with Crippen molar-refractivity contribution in [1.82, 2.24) is 0 Å². The number of nitrogens with one attached hydrogen (secondary N) is 1. The molecule has 0 heterocycles. The average Bonchev–Trinajstić information content (AvgIpc) is 2.43. The SMILES string of the molecule is Clc1ccc(C2CC(Nc3ccc(Br)c(Cl)c3Cl)C2)cc1. The Morgan fingerprint density at radius 3 is 2.24 bits per heavy atom. The van der Waals surface area contributed by atoms with Crippen LogP contribution in [0.5, 0.6) is 0 Å². The highest BCUT2D eigenvalue weighted by Gasteiger charge is 2.30. The van der Waals surface area contributed by atoms with Crippen LogP contribution in [-0.4, -0.2) is 6.04 Å². The Morgan fingerprint density at radius 1 is 0.905 bits per heavy atom. The molecule has 21 heavy (non-hydrogen) atoms. The molecule has 0 aromatic heterocycles. The van der Waals surface area contributed by atoms with Crippen LogP contribution < -0.4 is 5.32 Å². The largest absolute Gasteiger partial charge is 0.381 e. The summed E-state index contributed by atoms with van der Waals surface area (Å²) in [6.07, 6.45) is 2.18. The molecule has 1 N–H and O–H groups in total. The summed E-state index contributed by atoms with van der Waals surface area (Å²) in [5.74, 6) is 0.587. The van der Waals surface area contributed by atoms with Gasteiger partial charge in [-0.05, 0) is 64.5 Å². The van der Waals surface area contributed by atoms with Gasteiger partial charge in [0.25, 0.3) is 0 Å². The van der Waals surface area contributed by atoms with Gasteiger partial charge in [-0.25, -0.2) is 0 Å². The third kappa shape index (κ3) is 3.34. The second-order valence-corrected chi connectivity index (χ2v) is 7.33. The predicted molar refractivity (Wildman–Crippen MR) is 95.0 cm³/mol. The van der Waals surface area contributed by atoms with E-state index in [0.29, 0.717) is 22.0 Å². The van der Waals surface area contributed by atoms with Crippen molar-refractivity contribution in [2.45, 2.75) is 24.8 Å². The summed E-state index contributed by atoms with van der Waals surface area (Å²) in [5.41, 5.74) is 2.24. The van der Waals surface area contributed by atoms with Gasteiger partial charge in [0.05, 0.1) is 15.7 Å². The number of hydrogen-bond acceptors (Lipinski definition) is 1. The smallest absolute Gasteiger partial charge is 0.0835 e. The van der Waals surface area contributed by atoms with Gasteiger partial charge in [-0.3, -0.25) is 0 Å². The Morgan fingerprint density at radius 2 is 1.57 bits per heavy atom. The number of benzene rings is 2. The van der Waals surface area contributed by atoms with E-state index in [1.807, 2.05) is 24.3 Å². The number of hydrogen-bond donors (Lipinski definition) is 1. The summed E-state index contributed by atoms with van der Waals surface area (Å²) in [7, 11) is 0. The van der Waals surface area contributed by atoms with E-state index in [9.17, 15) is 0 Å². The van der Waals surface area contributed by atoms with Gasteiger partial charge in [-0.15, -0.1) is 0 Å². The highest BCUT2D eigenvalue weighted by molar-refractivity contribution is 9.10. The molecular formula is C16H13BrCl3N. The summed E-state index contributed by atoms with van der Waals surface area (Å²) >= 11 is 21.7. The Balaban J connectivity index is 1.62. The van der Waals surface area contributed by atoms with Crippen molar-refractivity contribution >= 4 is 56.4 Å². The number of halogens is 4. The van der Waals surface area contributed by atoms with Gasteiger partial charge in [0.2, 0.25) is 0 Å². The minimum atomic E-state index is 0.431. The molecule has 1 fully saturated rings. The van der Waals surface area contributed by atoms with Crippen LogP contribution in [0.4, 0.5) is 5.69 Å². The van der Waals surface area contributed by atoms with Crippen molar-refractivity contribution in [3.8, 4) is 0 Å². The Kier molecular flexibility index (Phi) is 4.70. The normalized spacial score (nSPS) is 21.0. The van der Waals surface area contributed by atoms with E-state index in [1.54, 1.807) is 0 Å². The lowest BCUT2D eigenvalue weighted by Gasteiger charge is -2.37. The van der Waals surface area contributed by atoms with Crippen LogP contribution in [0.2, 0.25) is 15.1 Å². The van der Waals surface area contributed by atoms with Gasteiger partial charge < -0.3 is 5.32 Å². The highest BCUT2D eigenvalue weighted by Crippen LogP contribution is 2.41. The second kappa shape index (κ2) is 6.37. The lowest BCUT2D eigenvalue weighted by atomic mass is 9.76. The van der Waals surface area contributed by atoms with Gasteiger partial charge in [-0.2, -0.15) is 0 Å². The first kappa shape index (κ1) is 15.5. The molecule has 1 saturated carbocycles. The molecule has 0 spiro atoms. The highest BCUT2D eigenvalue weighted by atomic mass is 79.9. The molecule has 3 rings (SSSR count). The van der Waals surface area contributed by atoms with Crippen LogP contribution >= 0.6 is 50.7 Å². The molecule has 2 aromatic rings. The quantitative estimate of drug-likeness (QED) is 0.556. The molecule has 2 aromatic carbocycles. The Labute approximate surface area is 147 Å². The van der Waals surface area contributed by atoms with Crippen LogP contribution in [-0.2, 0) is 0 Å². The van der Waals surface area contributed by atoms with Gasteiger partial charge in [-0.1, -0.05) is 46.9 Å². The first-order valence-electron chi connectivity index (χ1n) is 6.70. The summed E-state index contributed by atoms with van der Waals surface area (Å²) < 4.78 is 0.812. The zero-order chi connectivity index (χ0) is 15.0. The Bertz CT molecular complexity index is 651. The molecule has 0 unspecified atom stereocenters. The maximum absolute atomic E-state index is 6.26. The first-order valence-corrected chi connectivity index (χ1v) is 8.63. The molecule has 0 saturated heterocycles. The fourth-order valence-electron chi connectivity index (χ4n) is 2.60. The minimum absolute atomic E-state index is 0.431. The molecule has 110 valence electrons. The van der Waals surface area contributed by atoms with Crippen molar-refractivity contribution in [2.24, 2.45) is 0 Å². The van der Waals surface area contributed by atoms with Crippen LogP contribution in [0.1, 0.15) is 24.3 Å².